The van der Waals surface area contributed by atoms with Gasteiger partial charge < -0.3 is 14.6 Å². The van der Waals surface area contributed by atoms with Gasteiger partial charge in [-0.15, -0.1) is 0 Å². The van der Waals surface area contributed by atoms with Crippen LogP contribution in [-0.4, -0.2) is 23.2 Å². The smallest absolute Gasteiger partial charge is 0.507 e. The highest BCUT2D eigenvalue weighted by Crippen LogP contribution is 2.47. The number of benzene rings is 1. The van der Waals surface area contributed by atoms with E-state index < -0.39 is 6.16 Å². The molecule has 0 spiro atoms. The highest BCUT2D eigenvalue weighted by atomic mass is 79.9. The van der Waals surface area contributed by atoms with Gasteiger partial charge in [0.2, 0.25) is 0 Å². The number of alkyl halides is 1. The predicted octanol–water partition coefficient (Wildman–Crippen LogP) is 7.44. The second-order valence-electron chi connectivity index (χ2n) is 8.26. The van der Waals surface area contributed by atoms with Crippen molar-refractivity contribution in [3.63, 3.8) is 0 Å². The summed E-state index contributed by atoms with van der Waals surface area (Å²) in [7, 11) is 0. The molecule has 0 aromatic heterocycles. The molecule has 1 aromatic carbocycles. The van der Waals surface area contributed by atoms with E-state index in [1.807, 2.05) is 19.1 Å². The summed E-state index contributed by atoms with van der Waals surface area (Å²) in [5.41, 5.74) is 3.96. The second-order valence-corrected chi connectivity index (χ2v) is 9.05. The summed E-state index contributed by atoms with van der Waals surface area (Å²) in [5.74, 6) is 0.686. The summed E-state index contributed by atoms with van der Waals surface area (Å²) < 4.78 is 10.8. The van der Waals surface area contributed by atoms with Gasteiger partial charge in [0.25, 0.3) is 0 Å². The first-order valence-corrected chi connectivity index (χ1v) is 12.1. The second kappa shape index (κ2) is 12.2. The van der Waals surface area contributed by atoms with Crippen molar-refractivity contribution in [2.75, 3.05) is 11.9 Å². The third-order valence-corrected chi connectivity index (χ3v) is 6.21. The molecule has 0 radical (unpaired) electrons. The number of unbranched alkanes of at least 4 members (excludes halogenated alkanes) is 2. The monoisotopic (exact) mass is 478 g/mol. The summed E-state index contributed by atoms with van der Waals surface area (Å²) in [5, 5.41) is 11.8. The average Bonchev–Trinajstić information content (AvgIpc) is 2.68. The van der Waals surface area contributed by atoms with Gasteiger partial charge in [-0.1, -0.05) is 59.5 Å². The Hall–Kier alpha value is -1.75. The van der Waals surface area contributed by atoms with E-state index in [-0.39, 0.29) is 17.6 Å². The van der Waals surface area contributed by atoms with Crippen molar-refractivity contribution >= 4 is 22.1 Å². The first-order valence-electron chi connectivity index (χ1n) is 11.0. The lowest BCUT2D eigenvalue weighted by atomic mass is 9.73. The lowest BCUT2D eigenvalue weighted by Crippen LogP contribution is -2.19. The molecule has 0 saturated carbocycles. The quantitative estimate of drug-likeness (QED) is 0.125. The molecule has 166 valence electrons. The Morgan fingerprint density at radius 3 is 2.73 bits per heavy atom. The third-order valence-electron chi connectivity index (χ3n) is 5.65. The summed E-state index contributed by atoms with van der Waals surface area (Å²) in [6, 6.07) is 3.71. The van der Waals surface area contributed by atoms with Crippen LogP contribution in [0.4, 0.5) is 4.79 Å². The fourth-order valence-electron chi connectivity index (χ4n) is 4.05. The number of halogens is 1. The van der Waals surface area contributed by atoms with Gasteiger partial charge in [0.15, 0.2) is 0 Å². The first-order chi connectivity index (χ1) is 14.4. The number of aromatic hydroxyl groups is 1. The lowest BCUT2D eigenvalue weighted by Gasteiger charge is -2.32. The van der Waals surface area contributed by atoms with Gasteiger partial charge in [0, 0.05) is 16.8 Å². The minimum absolute atomic E-state index is 0.0775. The van der Waals surface area contributed by atoms with E-state index in [4.69, 9.17) is 9.47 Å². The van der Waals surface area contributed by atoms with Crippen molar-refractivity contribution in [3.8, 4) is 11.5 Å². The van der Waals surface area contributed by atoms with Gasteiger partial charge in [-0.05, 0) is 69.6 Å². The number of carbonyl (C=O) groups excluding carboxylic acids is 1. The molecule has 0 aliphatic heterocycles. The van der Waals surface area contributed by atoms with Gasteiger partial charge in [0.1, 0.15) is 11.5 Å². The number of aryl methyl sites for hydroxylation is 1. The molecule has 4 nitrogen and oxygen atoms in total. The SMILES string of the molecule is C=C(C)[C@@H]1CCC(C)=C[C@H]1c1c(O)cc(CCCCC)cc1OC(=O)OCCCBr. The molecule has 30 heavy (non-hydrogen) atoms. The molecule has 0 bridgehead atoms. The molecule has 0 saturated heterocycles. The summed E-state index contributed by atoms with van der Waals surface area (Å²) in [4.78, 5) is 12.3. The number of phenols is 1. The van der Waals surface area contributed by atoms with Crippen molar-refractivity contribution in [2.45, 2.75) is 71.6 Å². The Kier molecular flexibility index (Phi) is 9.96. The molecule has 1 aromatic rings. The van der Waals surface area contributed by atoms with Gasteiger partial charge in [-0.3, -0.25) is 0 Å². The van der Waals surface area contributed by atoms with Crippen LogP contribution in [0.3, 0.4) is 0 Å². The molecule has 5 heteroatoms. The minimum atomic E-state index is -0.731. The predicted molar refractivity (Wildman–Crippen MR) is 126 cm³/mol. The fourth-order valence-corrected chi connectivity index (χ4v) is 4.27. The van der Waals surface area contributed by atoms with E-state index in [1.54, 1.807) is 0 Å². The molecular formula is C25H35BrO4. The lowest BCUT2D eigenvalue weighted by molar-refractivity contribution is 0.0989. The van der Waals surface area contributed by atoms with Crippen molar-refractivity contribution in [2.24, 2.45) is 5.92 Å². The van der Waals surface area contributed by atoms with Crippen molar-refractivity contribution in [1.82, 2.24) is 0 Å². The van der Waals surface area contributed by atoms with Gasteiger partial charge in [-0.2, -0.15) is 0 Å². The van der Waals surface area contributed by atoms with E-state index >= 15 is 0 Å². The van der Waals surface area contributed by atoms with E-state index in [0.29, 0.717) is 24.3 Å². The molecule has 0 unspecified atom stereocenters. The van der Waals surface area contributed by atoms with Gasteiger partial charge >= 0.3 is 6.16 Å². The maximum atomic E-state index is 12.3. The number of hydrogen-bond acceptors (Lipinski definition) is 4. The number of rotatable bonds is 10. The first kappa shape index (κ1) is 24.5. The number of hydrogen-bond donors (Lipinski definition) is 1. The van der Waals surface area contributed by atoms with Crippen LogP contribution in [0.1, 0.15) is 76.3 Å². The molecule has 1 aliphatic rings. The van der Waals surface area contributed by atoms with Gasteiger partial charge in [0.05, 0.1) is 6.61 Å². The van der Waals surface area contributed by atoms with Crippen LogP contribution in [-0.2, 0) is 11.2 Å². The Bertz CT molecular complexity index is 769. The molecule has 1 aliphatic carbocycles. The van der Waals surface area contributed by atoms with Crippen molar-refractivity contribution in [3.05, 3.63) is 47.1 Å². The fraction of sp³-hybridized carbons (Fsp3) is 0.560. The summed E-state index contributed by atoms with van der Waals surface area (Å²) in [6.45, 7) is 10.7. The number of carbonyl (C=O) groups is 1. The highest BCUT2D eigenvalue weighted by Gasteiger charge is 2.31. The van der Waals surface area contributed by atoms with Gasteiger partial charge in [-0.25, -0.2) is 4.79 Å². The Morgan fingerprint density at radius 2 is 2.07 bits per heavy atom. The summed E-state index contributed by atoms with van der Waals surface area (Å²) in [6.07, 6.45) is 8.25. The maximum Gasteiger partial charge on any atom is 0.513 e. The zero-order valence-electron chi connectivity index (χ0n) is 18.5. The molecule has 0 amide bonds. The minimum Gasteiger partial charge on any atom is -0.507 e. The molecule has 0 fully saturated rings. The standard InChI is InChI=1S/C25H35BrO4/c1-5-6-7-9-19-15-22(27)24(21-14-18(4)10-11-20(21)17(2)3)23(16-19)30-25(28)29-13-8-12-26/h14-16,20-21,27H,2,5-13H2,1,3-4H3/t20-,21+/m0/s1. The van der Waals surface area contributed by atoms with E-state index in [9.17, 15) is 9.90 Å². The number of allylic oxidation sites excluding steroid dienone is 3. The third kappa shape index (κ3) is 6.90. The van der Waals surface area contributed by atoms with E-state index in [1.165, 1.54) is 5.57 Å². The molecule has 2 rings (SSSR count). The highest BCUT2D eigenvalue weighted by molar-refractivity contribution is 9.09. The Morgan fingerprint density at radius 1 is 1.30 bits per heavy atom. The van der Waals surface area contributed by atoms with Crippen LogP contribution in [0.5, 0.6) is 11.5 Å². The zero-order chi connectivity index (χ0) is 22.1. The molecule has 1 N–H and O–H groups in total. The Balaban J connectivity index is 2.41. The average molecular weight is 479 g/mol. The largest absolute Gasteiger partial charge is 0.513 e. The van der Waals surface area contributed by atoms with Crippen LogP contribution in [0, 0.1) is 5.92 Å². The van der Waals surface area contributed by atoms with Crippen molar-refractivity contribution < 1.29 is 19.4 Å². The number of ether oxygens (including phenoxy) is 2. The van der Waals surface area contributed by atoms with Crippen LogP contribution < -0.4 is 4.74 Å². The van der Waals surface area contributed by atoms with Crippen LogP contribution in [0.15, 0.2) is 35.9 Å². The number of phenolic OH excluding ortho intramolecular Hbond substituents is 1. The van der Waals surface area contributed by atoms with Crippen LogP contribution >= 0.6 is 15.9 Å². The summed E-state index contributed by atoms with van der Waals surface area (Å²) >= 11 is 3.32. The van der Waals surface area contributed by atoms with E-state index in [2.05, 4.69) is 42.4 Å². The van der Waals surface area contributed by atoms with Crippen LogP contribution in [0.25, 0.3) is 0 Å². The molecular weight excluding hydrogens is 444 g/mol. The normalized spacial score (nSPS) is 18.6. The maximum absolute atomic E-state index is 12.3. The van der Waals surface area contributed by atoms with Crippen molar-refractivity contribution in [1.29, 1.82) is 0 Å². The zero-order valence-corrected chi connectivity index (χ0v) is 20.1. The molecule has 0 heterocycles. The van der Waals surface area contributed by atoms with E-state index in [0.717, 1.165) is 55.0 Å². The topological polar surface area (TPSA) is 55.8 Å². The van der Waals surface area contributed by atoms with Crippen LogP contribution in [0.2, 0.25) is 0 Å². The molecule has 2 atom stereocenters. The Labute approximate surface area is 189 Å².